The fraction of sp³-hybridized carbons (Fsp3) is 0.429. The lowest BCUT2D eigenvalue weighted by Gasteiger charge is -2.16. The first-order valence-electron chi connectivity index (χ1n) is 3.66. The van der Waals surface area contributed by atoms with Crippen molar-refractivity contribution in [2.24, 2.45) is 5.14 Å². The number of thiophene rings is 1. The van der Waals surface area contributed by atoms with Gasteiger partial charge < -0.3 is 5.11 Å². The normalized spacial score (nSPS) is 13.2. The number of hydrogen-bond donors (Lipinski definition) is 2. The Morgan fingerprint density at radius 1 is 1.57 bits per heavy atom. The molecule has 0 spiro atoms. The Kier molecular flexibility index (Phi) is 3.09. The molecule has 0 aromatic carbocycles. The molecule has 3 N–H and O–H groups in total. The Hall–Kier alpha value is 0.0500. The van der Waals surface area contributed by atoms with Crippen LogP contribution in [0.3, 0.4) is 0 Å². The molecule has 0 radical (unpaired) electrons. The average molecular weight is 300 g/mol. The molecule has 0 aliphatic carbocycles. The fourth-order valence-electron chi connectivity index (χ4n) is 0.931. The van der Waals surface area contributed by atoms with E-state index in [9.17, 15) is 13.5 Å². The highest BCUT2D eigenvalue weighted by atomic mass is 79.9. The minimum Gasteiger partial charge on any atom is -0.386 e. The lowest BCUT2D eigenvalue weighted by molar-refractivity contribution is 0.0781. The molecule has 14 heavy (non-hydrogen) atoms. The number of rotatable bonds is 2. The maximum Gasteiger partial charge on any atom is 0.248 e. The minimum absolute atomic E-state index is 0.0367. The summed E-state index contributed by atoms with van der Waals surface area (Å²) < 4.78 is 22.5. The molecule has 0 amide bonds. The second-order valence-electron chi connectivity index (χ2n) is 3.35. The summed E-state index contributed by atoms with van der Waals surface area (Å²) in [5.41, 5.74) is -0.565. The molecule has 0 bridgehead atoms. The van der Waals surface area contributed by atoms with Crippen LogP contribution in [0, 0.1) is 0 Å². The van der Waals surface area contributed by atoms with E-state index in [1.165, 1.54) is 0 Å². The number of aliphatic hydroxyl groups is 1. The van der Waals surface area contributed by atoms with Gasteiger partial charge in [-0.15, -0.1) is 11.3 Å². The quantitative estimate of drug-likeness (QED) is 0.866. The Morgan fingerprint density at radius 3 is 2.29 bits per heavy atom. The largest absolute Gasteiger partial charge is 0.386 e. The van der Waals surface area contributed by atoms with Crippen molar-refractivity contribution in [3.05, 3.63) is 15.4 Å². The van der Waals surface area contributed by atoms with E-state index in [0.29, 0.717) is 10.0 Å². The summed E-state index contributed by atoms with van der Waals surface area (Å²) in [6, 6.07) is 0. The third-order valence-electron chi connectivity index (χ3n) is 1.62. The van der Waals surface area contributed by atoms with Gasteiger partial charge in [-0.1, -0.05) is 0 Å². The maximum atomic E-state index is 11.1. The zero-order valence-corrected chi connectivity index (χ0v) is 10.8. The zero-order valence-electron chi connectivity index (χ0n) is 7.61. The fourth-order valence-corrected chi connectivity index (χ4v) is 4.52. The molecule has 1 aromatic rings. The van der Waals surface area contributed by atoms with Gasteiger partial charge in [0, 0.05) is 5.56 Å². The van der Waals surface area contributed by atoms with Crippen LogP contribution in [0.15, 0.2) is 14.1 Å². The van der Waals surface area contributed by atoms with E-state index in [1.807, 2.05) is 0 Å². The van der Waals surface area contributed by atoms with Gasteiger partial charge in [0.05, 0.1) is 10.1 Å². The van der Waals surface area contributed by atoms with Crippen molar-refractivity contribution in [2.75, 3.05) is 0 Å². The van der Waals surface area contributed by atoms with Crippen molar-refractivity contribution in [2.45, 2.75) is 23.7 Å². The molecule has 80 valence electrons. The smallest absolute Gasteiger partial charge is 0.248 e. The van der Waals surface area contributed by atoms with Gasteiger partial charge in [0.25, 0.3) is 0 Å². The van der Waals surface area contributed by atoms with Crippen molar-refractivity contribution in [1.29, 1.82) is 0 Å². The Bertz CT molecular complexity index is 444. The Balaban J connectivity index is 3.37. The van der Waals surface area contributed by atoms with Gasteiger partial charge in [0.1, 0.15) is 4.21 Å². The van der Waals surface area contributed by atoms with Gasteiger partial charge in [-0.3, -0.25) is 0 Å². The van der Waals surface area contributed by atoms with E-state index in [4.69, 9.17) is 5.14 Å². The monoisotopic (exact) mass is 299 g/mol. The van der Waals surface area contributed by atoms with E-state index in [-0.39, 0.29) is 4.21 Å². The first kappa shape index (κ1) is 12.1. The summed E-state index contributed by atoms with van der Waals surface area (Å²) in [5.74, 6) is 0. The van der Waals surface area contributed by atoms with Gasteiger partial charge >= 0.3 is 0 Å². The molecular weight excluding hydrogens is 290 g/mol. The number of primary sulfonamides is 1. The maximum absolute atomic E-state index is 11.1. The SMILES string of the molecule is CC(C)(O)c1csc(S(N)(=O)=O)c1Br. The summed E-state index contributed by atoms with van der Waals surface area (Å²) in [6.45, 7) is 3.15. The molecule has 0 atom stereocenters. The summed E-state index contributed by atoms with van der Waals surface area (Å²) in [6.07, 6.45) is 0. The van der Waals surface area contributed by atoms with Crippen molar-refractivity contribution < 1.29 is 13.5 Å². The van der Waals surface area contributed by atoms with Crippen LogP contribution < -0.4 is 5.14 Å². The van der Waals surface area contributed by atoms with Gasteiger partial charge in [0.2, 0.25) is 10.0 Å². The summed E-state index contributed by atoms with van der Waals surface area (Å²) in [4.78, 5) is 0. The summed E-state index contributed by atoms with van der Waals surface area (Å²) in [5, 5.41) is 16.2. The van der Waals surface area contributed by atoms with Crippen molar-refractivity contribution in [1.82, 2.24) is 0 Å². The molecule has 1 heterocycles. The molecule has 0 saturated heterocycles. The molecule has 1 rings (SSSR count). The van der Waals surface area contributed by atoms with Gasteiger partial charge in [-0.2, -0.15) is 0 Å². The van der Waals surface area contributed by atoms with E-state index in [1.54, 1.807) is 19.2 Å². The molecule has 0 unspecified atom stereocenters. The Labute approximate surface area is 94.9 Å². The van der Waals surface area contributed by atoms with Crippen LogP contribution in [0.1, 0.15) is 19.4 Å². The molecule has 0 aliphatic heterocycles. The van der Waals surface area contributed by atoms with Gasteiger partial charge in [-0.25, -0.2) is 13.6 Å². The van der Waals surface area contributed by atoms with Crippen LogP contribution in [0.2, 0.25) is 0 Å². The van der Waals surface area contributed by atoms with Crippen LogP contribution in [-0.2, 0) is 15.6 Å². The Morgan fingerprint density at radius 2 is 2.07 bits per heavy atom. The predicted octanol–water partition coefficient (Wildman–Crippen LogP) is 1.39. The first-order valence-corrected chi connectivity index (χ1v) is 6.88. The minimum atomic E-state index is -3.71. The molecule has 4 nitrogen and oxygen atoms in total. The molecule has 0 saturated carbocycles. The highest BCUT2D eigenvalue weighted by Gasteiger charge is 2.26. The second-order valence-corrected chi connectivity index (χ2v) is 6.78. The van der Waals surface area contributed by atoms with Gasteiger partial charge in [-0.05, 0) is 35.2 Å². The molecule has 0 aliphatic rings. The van der Waals surface area contributed by atoms with Crippen molar-refractivity contribution in [3.63, 3.8) is 0 Å². The molecule has 0 fully saturated rings. The van der Waals surface area contributed by atoms with E-state index >= 15 is 0 Å². The van der Waals surface area contributed by atoms with E-state index in [2.05, 4.69) is 15.9 Å². The number of halogens is 1. The van der Waals surface area contributed by atoms with E-state index in [0.717, 1.165) is 11.3 Å². The summed E-state index contributed by atoms with van der Waals surface area (Å²) >= 11 is 4.10. The van der Waals surface area contributed by atoms with Crippen LogP contribution in [-0.4, -0.2) is 13.5 Å². The number of nitrogens with two attached hydrogens (primary N) is 1. The third kappa shape index (κ3) is 2.34. The number of sulfonamides is 1. The highest BCUT2D eigenvalue weighted by molar-refractivity contribution is 9.10. The van der Waals surface area contributed by atoms with Crippen molar-refractivity contribution >= 4 is 37.3 Å². The topological polar surface area (TPSA) is 80.4 Å². The van der Waals surface area contributed by atoms with Gasteiger partial charge in [0.15, 0.2) is 0 Å². The lowest BCUT2D eigenvalue weighted by Crippen LogP contribution is -2.16. The first-order chi connectivity index (χ1) is 6.14. The van der Waals surface area contributed by atoms with Crippen LogP contribution in [0.5, 0.6) is 0 Å². The van der Waals surface area contributed by atoms with E-state index < -0.39 is 15.6 Å². The number of hydrogen-bond acceptors (Lipinski definition) is 4. The predicted molar refractivity (Wildman–Crippen MR) is 58.6 cm³/mol. The average Bonchev–Trinajstić information content (AvgIpc) is 2.26. The van der Waals surface area contributed by atoms with Crippen molar-refractivity contribution in [3.8, 4) is 0 Å². The van der Waals surface area contributed by atoms with Crippen LogP contribution >= 0.6 is 27.3 Å². The second kappa shape index (κ2) is 3.57. The van der Waals surface area contributed by atoms with Crippen LogP contribution in [0.25, 0.3) is 0 Å². The standard InChI is InChI=1S/C7H10BrNO3S2/c1-7(2,10)4-3-13-6(5(4)8)14(9,11)12/h3,10H,1-2H3,(H2,9,11,12). The highest BCUT2D eigenvalue weighted by Crippen LogP contribution is 2.37. The lowest BCUT2D eigenvalue weighted by atomic mass is 10.0. The molecule has 1 aromatic heterocycles. The summed E-state index contributed by atoms with van der Waals surface area (Å²) in [7, 11) is -3.71. The molecule has 7 heteroatoms. The zero-order chi connectivity index (χ0) is 11.1. The third-order valence-corrected chi connectivity index (χ3v) is 5.44. The van der Waals surface area contributed by atoms with Crippen LogP contribution in [0.4, 0.5) is 0 Å². The molecular formula is C7H10BrNO3S2.